The van der Waals surface area contributed by atoms with Gasteiger partial charge in [-0.25, -0.2) is 0 Å². The number of rotatable bonds is 6. The van der Waals surface area contributed by atoms with E-state index in [0.29, 0.717) is 26.2 Å². The van der Waals surface area contributed by atoms with Gasteiger partial charge in [0.25, 0.3) is 0 Å². The fourth-order valence-electron chi connectivity index (χ4n) is 4.70. The van der Waals surface area contributed by atoms with Crippen LogP contribution in [0.3, 0.4) is 0 Å². The molecule has 166 valence electrons. The van der Waals surface area contributed by atoms with Gasteiger partial charge in [0.2, 0.25) is 5.91 Å². The number of likely N-dealkylation sites (tertiary alicyclic amines) is 1. The minimum absolute atomic E-state index is 0.162. The highest BCUT2D eigenvalue weighted by molar-refractivity contribution is 5.78. The number of pyridine rings is 1. The number of likely N-dealkylation sites (N-methyl/N-ethyl adjacent to an activating group) is 1. The second kappa shape index (κ2) is 9.24. The molecule has 1 aromatic carbocycles. The van der Waals surface area contributed by atoms with Gasteiger partial charge in [-0.2, -0.15) is 0 Å². The number of ether oxygens (including phenoxy) is 3. The minimum Gasteiger partial charge on any atom is -0.493 e. The predicted molar refractivity (Wildman–Crippen MR) is 117 cm³/mol. The number of carbonyl (C=O) groups is 1. The van der Waals surface area contributed by atoms with Crippen molar-refractivity contribution >= 4 is 5.91 Å². The molecular weight excluding hydrogens is 394 g/mol. The third-order valence-electron chi connectivity index (χ3n) is 6.38. The number of aromatic nitrogens is 1. The van der Waals surface area contributed by atoms with Crippen molar-refractivity contribution < 1.29 is 19.0 Å². The van der Waals surface area contributed by atoms with Crippen LogP contribution in [0.2, 0.25) is 0 Å². The molecule has 0 bridgehead atoms. The molecular formula is C24H31N3O4. The normalized spacial score (nSPS) is 17.5. The Morgan fingerprint density at radius 2 is 1.84 bits per heavy atom. The smallest absolute Gasteiger partial charge is 0.236 e. The fraction of sp³-hybridized carbons (Fsp3) is 0.500. The lowest BCUT2D eigenvalue weighted by Gasteiger charge is -2.45. The molecule has 0 N–H and O–H groups in total. The molecule has 2 aliphatic rings. The second-order valence-electron chi connectivity index (χ2n) is 8.37. The first-order chi connectivity index (χ1) is 15.0. The zero-order valence-electron chi connectivity index (χ0n) is 18.6. The lowest BCUT2D eigenvalue weighted by molar-refractivity contribution is -0.141. The van der Waals surface area contributed by atoms with Crippen LogP contribution in [-0.4, -0.2) is 68.2 Å². The maximum Gasteiger partial charge on any atom is 0.236 e. The first-order valence-corrected chi connectivity index (χ1v) is 10.8. The number of fused-ring (bicyclic) bond motifs is 2. The Hall–Kier alpha value is -2.64. The summed E-state index contributed by atoms with van der Waals surface area (Å²) in [5.74, 6) is 1.64. The molecule has 7 nitrogen and oxygen atoms in total. The van der Waals surface area contributed by atoms with E-state index in [0.717, 1.165) is 42.9 Å². The molecule has 0 unspecified atom stereocenters. The molecule has 1 aromatic heterocycles. The number of amides is 1. The Balaban J connectivity index is 1.41. The van der Waals surface area contributed by atoms with Crippen LogP contribution in [-0.2, 0) is 28.1 Å². The largest absolute Gasteiger partial charge is 0.493 e. The third-order valence-corrected chi connectivity index (χ3v) is 6.38. The molecule has 2 aromatic rings. The van der Waals surface area contributed by atoms with Crippen LogP contribution < -0.4 is 9.47 Å². The van der Waals surface area contributed by atoms with Crippen molar-refractivity contribution in [1.29, 1.82) is 0 Å². The lowest BCUT2D eigenvalue weighted by atomic mass is 9.79. The van der Waals surface area contributed by atoms with Crippen molar-refractivity contribution in [3.63, 3.8) is 0 Å². The topological polar surface area (TPSA) is 64.1 Å². The minimum atomic E-state index is -0.354. The molecule has 0 saturated carbocycles. The van der Waals surface area contributed by atoms with Crippen LogP contribution in [0.1, 0.15) is 29.5 Å². The Kier molecular flexibility index (Phi) is 6.43. The Labute approximate surface area is 183 Å². The average molecular weight is 426 g/mol. The van der Waals surface area contributed by atoms with Gasteiger partial charge < -0.3 is 19.1 Å². The first kappa shape index (κ1) is 21.6. The molecule has 0 aliphatic carbocycles. The van der Waals surface area contributed by atoms with E-state index >= 15 is 0 Å². The van der Waals surface area contributed by atoms with Crippen LogP contribution >= 0.6 is 0 Å². The molecule has 0 atom stereocenters. The third kappa shape index (κ3) is 4.52. The van der Waals surface area contributed by atoms with Gasteiger partial charge in [-0.3, -0.25) is 14.7 Å². The van der Waals surface area contributed by atoms with Crippen molar-refractivity contribution in [3.05, 3.63) is 53.3 Å². The molecule has 1 fully saturated rings. The molecule has 7 heteroatoms. The van der Waals surface area contributed by atoms with Gasteiger partial charge in [0.1, 0.15) is 0 Å². The maximum atomic E-state index is 12.9. The van der Waals surface area contributed by atoms with Crippen LogP contribution in [0, 0.1) is 0 Å². The van der Waals surface area contributed by atoms with Gasteiger partial charge in [-0.1, -0.05) is 0 Å². The predicted octanol–water partition coefficient (Wildman–Crippen LogP) is 2.62. The maximum absolute atomic E-state index is 12.9. The van der Waals surface area contributed by atoms with E-state index < -0.39 is 0 Å². The number of nitrogens with zero attached hydrogens (tertiary/aromatic N) is 3. The number of hydrogen-bond acceptors (Lipinski definition) is 6. The Morgan fingerprint density at radius 3 is 2.52 bits per heavy atom. The molecule has 0 radical (unpaired) electrons. The van der Waals surface area contributed by atoms with E-state index in [1.807, 2.05) is 29.0 Å². The van der Waals surface area contributed by atoms with Gasteiger partial charge in [-0.15, -0.1) is 0 Å². The second-order valence-corrected chi connectivity index (χ2v) is 8.37. The lowest BCUT2D eigenvalue weighted by Crippen LogP contribution is -2.50. The van der Waals surface area contributed by atoms with E-state index in [-0.39, 0.29) is 11.5 Å². The Bertz CT molecular complexity index is 911. The molecule has 2 aliphatic heterocycles. The van der Waals surface area contributed by atoms with Crippen molar-refractivity contribution in [2.24, 2.45) is 0 Å². The van der Waals surface area contributed by atoms with Gasteiger partial charge in [0.05, 0.1) is 33.0 Å². The number of methoxy groups -OCH3 is 2. The van der Waals surface area contributed by atoms with Crippen molar-refractivity contribution in [1.82, 2.24) is 14.8 Å². The van der Waals surface area contributed by atoms with Gasteiger partial charge in [0, 0.05) is 32.0 Å². The average Bonchev–Trinajstić information content (AvgIpc) is 2.79. The summed E-state index contributed by atoms with van der Waals surface area (Å²) < 4.78 is 17.4. The van der Waals surface area contributed by atoms with Gasteiger partial charge in [-0.05, 0) is 67.3 Å². The summed E-state index contributed by atoms with van der Waals surface area (Å²) in [6.45, 7) is 3.19. The molecule has 3 heterocycles. The highest BCUT2D eigenvalue weighted by Gasteiger charge is 2.42. The summed E-state index contributed by atoms with van der Waals surface area (Å²) in [5.41, 5.74) is 3.23. The number of hydrogen-bond donors (Lipinski definition) is 0. The van der Waals surface area contributed by atoms with Crippen molar-refractivity contribution in [2.75, 3.05) is 47.5 Å². The van der Waals surface area contributed by atoms with Crippen LogP contribution in [0.15, 0.2) is 36.7 Å². The van der Waals surface area contributed by atoms with Crippen LogP contribution in [0.25, 0.3) is 0 Å². The Morgan fingerprint density at radius 1 is 1.16 bits per heavy atom. The van der Waals surface area contributed by atoms with Crippen LogP contribution in [0.5, 0.6) is 11.5 Å². The molecule has 31 heavy (non-hydrogen) atoms. The summed E-state index contributed by atoms with van der Waals surface area (Å²) in [5, 5.41) is 0. The summed E-state index contributed by atoms with van der Waals surface area (Å²) >= 11 is 0. The number of piperidine rings is 1. The van der Waals surface area contributed by atoms with E-state index in [1.54, 1.807) is 26.6 Å². The van der Waals surface area contributed by atoms with E-state index in [9.17, 15) is 4.79 Å². The zero-order chi connectivity index (χ0) is 21.8. The highest BCUT2D eigenvalue weighted by Crippen LogP contribution is 2.45. The fourth-order valence-corrected chi connectivity index (χ4v) is 4.70. The molecule has 1 saturated heterocycles. The summed E-state index contributed by atoms with van der Waals surface area (Å²) in [6, 6.07) is 8.09. The van der Waals surface area contributed by atoms with Gasteiger partial charge >= 0.3 is 0 Å². The van der Waals surface area contributed by atoms with Crippen molar-refractivity contribution in [3.8, 4) is 11.5 Å². The molecule has 1 amide bonds. The zero-order valence-corrected chi connectivity index (χ0v) is 18.6. The summed E-state index contributed by atoms with van der Waals surface area (Å²) in [6.07, 6.45) is 5.99. The van der Waals surface area contributed by atoms with E-state index in [2.05, 4.69) is 17.1 Å². The number of carbonyl (C=O) groups excluding carboxylic acids is 1. The quantitative estimate of drug-likeness (QED) is 0.709. The van der Waals surface area contributed by atoms with Crippen molar-refractivity contribution in [2.45, 2.75) is 31.4 Å². The SMILES string of the molecule is COc1cc2c(cc1OC)C1(CCN(C(=O)CN(C)Cc3ccncc3)CC1)OCC2. The summed E-state index contributed by atoms with van der Waals surface area (Å²) in [4.78, 5) is 21.0. The standard InChI is InChI=1S/C24H31N3O4/c1-26(16-18-4-9-25-10-5-18)17-23(28)27-11-7-24(8-12-27)20-15-22(30-3)21(29-2)14-19(20)6-13-31-24/h4-5,9-10,14-15H,6-8,11-13,16-17H2,1-3H3. The summed E-state index contributed by atoms with van der Waals surface area (Å²) in [7, 11) is 5.30. The molecule has 4 rings (SSSR count). The number of benzene rings is 1. The highest BCUT2D eigenvalue weighted by atomic mass is 16.5. The van der Waals surface area contributed by atoms with Crippen LogP contribution in [0.4, 0.5) is 0 Å². The monoisotopic (exact) mass is 425 g/mol. The molecule has 1 spiro atoms. The van der Waals surface area contributed by atoms with E-state index in [4.69, 9.17) is 14.2 Å². The van der Waals surface area contributed by atoms with Gasteiger partial charge in [0.15, 0.2) is 11.5 Å². The van der Waals surface area contributed by atoms with E-state index in [1.165, 1.54) is 11.1 Å². The first-order valence-electron chi connectivity index (χ1n) is 10.8.